The third-order valence-electron chi connectivity index (χ3n) is 6.41. The van der Waals surface area contributed by atoms with Crippen molar-refractivity contribution >= 4 is 11.5 Å². The van der Waals surface area contributed by atoms with E-state index in [0.717, 1.165) is 60.6 Å². The number of hydrogen-bond donors (Lipinski definition) is 3. The van der Waals surface area contributed by atoms with Gasteiger partial charge >= 0.3 is 0 Å². The van der Waals surface area contributed by atoms with E-state index in [1.165, 1.54) is 12.0 Å². The zero-order valence-corrected chi connectivity index (χ0v) is 22.1. The second-order valence-electron chi connectivity index (χ2n) is 10.0. The highest BCUT2D eigenvalue weighted by Crippen LogP contribution is 2.43. The number of aromatic nitrogens is 2. The summed E-state index contributed by atoms with van der Waals surface area (Å²) in [6.45, 7) is 14.6. The fraction of sp³-hybridized carbons (Fsp3) is 0.607. The maximum absolute atomic E-state index is 9.84. The van der Waals surface area contributed by atoms with Gasteiger partial charge < -0.3 is 16.2 Å². The Bertz CT molecular complexity index is 1010. The summed E-state index contributed by atoms with van der Waals surface area (Å²) in [5.74, 6) is 2.22. The lowest BCUT2D eigenvalue weighted by molar-refractivity contribution is 0.233. The zero-order valence-electron chi connectivity index (χ0n) is 22.1. The molecule has 1 aliphatic carbocycles. The van der Waals surface area contributed by atoms with Gasteiger partial charge in [-0.1, -0.05) is 47.1 Å². The first-order valence-corrected chi connectivity index (χ1v) is 12.8. The van der Waals surface area contributed by atoms with Crippen LogP contribution in [0.15, 0.2) is 12.1 Å². The SMILES string of the molecule is CCC.CCc1nc(CC2CCC(C)c3ccc(N)c(C#N)c32)c(CC)c(NC(C)(C)CO)n1. The maximum Gasteiger partial charge on any atom is 0.133 e. The number of aliphatic hydroxyl groups excluding tert-OH is 1. The van der Waals surface area contributed by atoms with Gasteiger partial charge in [0, 0.05) is 23.4 Å². The normalized spacial score (nSPS) is 17.3. The third-order valence-corrected chi connectivity index (χ3v) is 6.41. The lowest BCUT2D eigenvalue weighted by atomic mass is 9.73. The molecule has 2 unspecified atom stereocenters. The molecule has 0 amide bonds. The van der Waals surface area contributed by atoms with Crippen LogP contribution in [0.3, 0.4) is 0 Å². The largest absolute Gasteiger partial charge is 0.398 e. The predicted octanol–water partition coefficient (Wildman–Crippen LogP) is 5.88. The monoisotopic (exact) mass is 465 g/mol. The van der Waals surface area contributed by atoms with Gasteiger partial charge in [-0.2, -0.15) is 5.26 Å². The lowest BCUT2D eigenvalue weighted by Gasteiger charge is -2.32. The van der Waals surface area contributed by atoms with Gasteiger partial charge in [0.05, 0.1) is 17.7 Å². The number of nitrogens with two attached hydrogens (primary N) is 1. The summed E-state index contributed by atoms with van der Waals surface area (Å²) >= 11 is 0. The number of rotatable bonds is 7. The molecule has 0 spiro atoms. The second kappa shape index (κ2) is 12.2. The Morgan fingerprint density at radius 2 is 1.82 bits per heavy atom. The molecule has 0 bridgehead atoms. The van der Waals surface area contributed by atoms with E-state index in [1.54, 1.807) is 0 Å². The molecule has 186 valence electrons. The Morgan fingerprint density at radius 1 is 1.15 bits per heavy atom. The van der Waals surface area contributed by atoms with Gasteiger partial charge in [0.25, 0.3) is 0 Å². The molecule has 2 atom stereocenters. The number of anilines is 2. The second-order valence-corrected chi connectivity index (χ2v) is 10.0. The number of benzene rings is 1. The van der Waals surface area contributed by atoms with Crippen LogP contribution in [0.25, 0.3) is 0 Å². The van der Waals surface area contributed by atoms with Crippen LogP contribution in [0.2, 0.25) is 0 Å². The first-order valence-electron chi connectivity index (χ1n) is 12.8. The van der Waals surface area contributed by atoms with Gasteiger partial charge in [0.1, 0.15) is 17.7 Å². The highest BCUT2D eigenvalue weighted by atomic mass is 16.3. The molecular weight excluding hydrogens is 422 g/mol. The Balaban J connectivity index is 0.00000129. The molecule has 4 N–H and O–H groups in total. The molecule has 6 nitrogen and oxygen atoms in total. The summed E-state index contributed by atoms with van der Waals surface area (Å²) in [7, 11) is 0. The molecule has 0 saturated heterocycles. The van der Waals surface area contributed by atoms with Gasteiger partial charge in [-0.05, 0) is 68.6 Å². The van der Waals surface area contributed by atoms with Crippen molar-refractivity contribution in [2.24, 2.45) is 0 Å². The van der Waals surface area contributed by atoms with E-state index >= 15 is 0 Å². The third kappa shape index (κ3) is 6.27. The first-order chi connectivity index (χ1) is 16.2. The maximum atomic E-state index is 9.84. The van der Waals surface area contributed by atoms with E-state index in [2.05, 4.69) is 52.1 Å². The van der Waals surface area contributed by atoms with Crippen molar-refractivity contribution in [1.29, 1.82) is 5.26 Å². The Hall–Kier alpha value is -2.65. The van der Waals surface area contributed by atoms with Crippen LogP contribution in [-0.4, -0.2) is 27.2 Å². The molecule has 0 saturated carbocycles. The molecule has 0 aliphatic heterocycles. The summed E-state index contributed by atoms with van der Waals surface area (Å²) in [6, 6.07) is 6.33. The van der Waals surface area contributed by atoms with Crippen molar-refractivity contribution < 1.29 is 5.11 Å². The van der Waals surface area contributed by atoms with E-state index in [-0.39, 0.29) is 12.5 Å². The number of nitrogens with one attached hydrogen (secondary N) is 1. The minimum Gasteiger partial charge on any atom is -0.398 e. The van der Waals surface area contributed by atoms with E-state index in [0.29, 0.717) is 17.2 Å². The molecule has 34 heavy (non-hydrogen) atoms. The molecular formula is C28H43N5O. The van der Waals surface area contributed by atoms with Crippen LogP contribution in [0, 0.1) is 11.3 Å². The van der Waals surface area contributed by atoms with Crippen molar-refractivity contribution in [2.75, 3.05) is 17.7 Å². The summed E-state index contributed by atoms with van der Waals surface area (Å²) in [4.78, 5) is 9.66. The van der Waals surface area contributed by atoms with E-state index in [1.807, 2.05) is 19.9 Å². The molecule has 1 aromatic heterocycles. The number of hydrogen-bond acceptors (Lipinski definition) is 6. The molecule has 3 rings (SSSR count). The molecule has 6 heteroatoms. The minimum atomic E-state index is -0.476. The summed E-state index contributed by atoms with van der Waals surface area (Å²) < 4.78 is 0. The van der Waals surface area contributed by atoms with E-state index in [9.17, 15) is 10.4 Å². The van der Waals surface area contributed by atoms with Gasteiger partial charge in [0.15, 0.2) is 0 Å². The molecule has 1 aromatic carbocycles. The van der Waals surface area contributed by atoms with Crippen molar-refractivity contribution in [3.05, 3.63) is 45.9 Å². The molecule has 0 radical (unpaired) electrons. The average Bonchev–Trinajstić information content (AvgIpc) is 2.81. The van der Waals surface area contributed by atoms with Crippen LogP contribution >= 0.6 is 0 Å². The van der Waals surface area contributed by atoms with Crippen LogP contribution < -0.4 is 11.1 Å². The first kappa shape index (κ1) is 27.6. The number of aryl methyl sites for hydroxylation is 1. The molecule has 0 fully saturated rings. The number of nitrogens with zero attached hydrogens (tertiary/aromatic N) is 3. The topological polar surface area (TPSA) is 108 Å². The van der Waals surface area contributed by atoms with Gasteiger partial charge in [0.2, 0.25) is 0 Å². The molecule has 1 heterocycles. The van der Waals surface area contributed by atoms with E-state index in [4.69, 9.17) is 15.7 Å². The quantitative estimate of drug-likeness (QED) is 0.441. The number of aliphatic hydroxyl groups is 1. The highest BCUT2D eigenvalue weighted by Gasteiger charge is 2.30. The summed E-state index contributed by atoms with van der Waals surface area (Å²) in [5, 5.41) is 23.0. The summed E-state index contributed by atoms with van der Waals surface area (Å²) in [6.07, 6.45) is 5.62. The summed E-state index contributed by atoms with van der Waals surface area (Å²) in [5.41, 5.74) is 11.3. The van der Waals surface area contributed by atoms with Gasteiger partial charge in [-0.3, -0.25) is 0 Å². The van der Waals surface area contributed by atoms with Gasteiger partial charge in [-0.15, -0.1) is 0 Å². The highest BCUT2D eigenvalue weighted by molar-refractivity contribution is 5.63. The Morgan fingerprint density at radius 3 is 2.38 bits per heavy atom. The van der Waals surface area contributed by atoms with Crippen LogP contribution in [0.5, 0.6) is 0 Å². The fourth-order valence-corrected chi connectivity index (χ4v) is 4.58. The number of fused-ring (bicyclic) bond motifs is 1. The minimum absolute atomic E-state index is 0.00957. The van der Waals surface area contributed by atoms with Crippen LogP contribution in [-0.2, 0) is 19.3 Å². The fourth-order valence-electron chi connectivity index (χ4n) is 4.58. The number of nitrogen functional groups attached to an aromatic ring is 1. The lowest BCUT2D eigenvalue weighted by Crippen LogP contribution is -2.36. The van der Waals surface area contributed by atoms with Crippen LogP contribution in [0.4, 0.5) is 11.5 Å². The predicted molar refractivity (Wildman–Crippen MR) is 141 cm³/mol. The van der Waals surface area contributed by atoms with Gasteiger partial charge in [-0.25, -0.2) is 9.97 Å². The Kier molecular flexibility index (Phi) is 9.88. The standard InChI is InChI=1S/C25H35N5O.C3H8/c1-6-17-21(28-22(7-2)29-24(17)30-25(4,5)14-31)12-16-9-8-15(3)18-10-11-20(27)19(13-26)23(16)18;1-3-2/h10-11,15-16,31H,6-9,12,14,27H2,1-5H3,(H,28,29,30);3H2,1-2H3. The van der Waals surface area contributed by atoms with Crippen LogP contribution in [0.1, 0.15) is 113 Å². The van der Waals surface area contributed by atoms with Crippen molar-refractivity contribution in [1.82, 2.24) is 9.97 Å². The zero-order chi connectivity index (χ0) is 25.5. The molecule has 2 aromatic rings. The average molecular weight is 466 g/mol. The Labute approximate surface area is 206 Å². The van der Waals surface area contributed by atoms with Crippen molar-refractivity contribution in [3.63, 3.8) is 0 Å². The van der Waals surface area contributed by atoms with Crippen molar-refractivity contribution in [2.45, 2.75) is 104 Å². The number of nitriles is 1. The smallest absolute Gasteiger partial charge is 0.133 e. The molecule has 1 aliphatic rings. The van der Waals surface area contributed by atoms with E-state index < -0.39 is 5.54 Å². The van der Waals surface area contributed by atoms with Crippen molar-refractivity contribution in [3.8, 4) is 6.07 Å².